The van der Waals surface area contributed by atoms with E-state index < -0.39 is 12.4 Å². The van der Waals surface area contributed by atoms with Gasteiger partial charge in [-0.25, -0.2) is 4.79 Å². The predicted octanol–water partition coefficient (Wildman–Crippen LogP) is 3.15. The highest BCUT2D eigenvalue weighted by Gasteiger charge is 2.18. The van der Waals surface area contributed by atoms with Crippen molar-refractivity contribution < 1.29 is 18.3 Å². The molecule has 1 rings (SSSR count). The summed E-state index contributed by atoms with van der Waals surface area (Å²) in [5.74, 6) is -1.39. The number of benzene rings is 1. The van der Waals surface area contributed by atoms with Crippen molar-refractivity contribution in [3.8, 4) is 5.75 Å². The first-order chi connectivity index (χ1) is 7.30. The van der Waals surface area contributed by atoms with E-state index in [9.17, 15) is 13.6 Å². The third-order valence-corrected chi connectivity index (χ3v) is 2.12. The Morgan fingerprint density at radius 3 is 2.06 bits per heavy atom. The highest BCUT2D eigenvalue weighted by molar-refractivity contribution is 5.75. The van der Waals surface area contributed by atoms with Crippen molar-refractivity contribution in [1.29, 1.82) is 0 Å². The largest absolute Gasteiger partial charge is 0.422 e. The molecule has 4 heteroatoms. The second kappa shape index (κ2) is 4.60. The summed E-state index contributed by atoms with van der Waals surface area (Å²) < 4.78 is 28.3. The first-order valence-electron chi connectivity index (χ1n) is 4.91. The fourth-order valence-electron chi connectivity index (χ4n) is 1.18. The SMILES string of the molecule is CC(C)(C)c1ccc(OC(=O)C(F)F)cc1. The molecule has 0 saturated heterocycles. The van der Waals surface area contributed by atoms with E-state index in [2.05, 4.69) is 4.74 Å². The molecular formula is C12H14F2O2. The molecule has 1 aromatic carbocycles. The van der Waals surface area contributed by atoms with Gasteiger partial charge < -0.3 is 4.74 Å². The van der Waals surface area contributed by atoms with Gasteiger partial charge in [0.25, 0.3) is 0 Å². The third-order valence-electron chi connectivity index (χ3n) is 2.12. The van der Waals surface area contributed by atoms with Crippen LogP contribution >= 0.6 is 0 Å². The molecule has 0 radical (unpaired) electrons. The molecule has 0 aliphatic rings. The lowest BCUT2D eigenvalue weighted by molar-refractivity contribution is -0.146. The van der Waals surface area contributed by atoms with Crippen LogP contribution in [0, 0.1) is 0 Å². The van der Waals surface area contributed by atoms with Crippen molar-refractivity contribution in [1.82, 2.24) is 0 Å². The molecule has 0 aromatic heterocycles. The lowest BCUT2D eigenvalue weighted by Gasteiger charge is -2.18. The summed E-state index contributed by atoms with van der Waals surface area (Å²) >= 11 is 0. The van der Waals surface area contributed by atoms with Crippen LogP contribution in [0.3, 0.4) is 0 Å². The Labute approximate surface area is 93.2 Å². The molecule has 0 fully saturated rings. The zero-order valence-corrected chi connectivity index (χ0v) is 9.46. The maximum absolute atomic E-state index is 11.9. The van der Waals surface area contributed by atoms with Gasteiger partial charge in [0.1, 0.15) is 5.75 Å². The topological polar surface area (TPSA) is 26.3 Å². The number of halogens is 2. The van der Waals surface area contributed by atoms with E-state index in [-0.39, 0.29) is 11.2 Å². The van der Waals surface area contributed by atoms with Crippen molar-refractivity contribution in [3.63, 3.8) is 0 Å². The van der Waals surface area contributed by atoms with Gasteiger partial charge in [0.2, 0.25) is 0 Å². The molecule has 0 spiro atoms. The smallest absolute Gasteiger partial charge is 0.379 e. The second-order valence-corrected chi connectivity index (χ2v) is 4.50. The van der Waals surface area contributed by atoms with E-state index in [0.29, 0.717) is 0 Å². The molecule has 0 N–H and O–H groups in total. The van der Waals surface area contributed by atoms with E-state index in [4.69, 9.17) is 0 Å². The van der Waals surface area contributed by atoms with Crippen molar-refractivity contribution in [2.75, 3.05) is 0 Å². The first-order valence-corrected chi connectivity index (χ1v) is 4.91. The Bertz CT molecular complexity index is 364. The van der Waals surface area contributed by atoms with Gasteiger partial charge in [-0.2, -0.15) is 8.78 Å². The van der Waals surface area contributed by atoms with Crippen molar-refractivity contribution in [2.24, 2.45) is 0 Å². The second-order valence-electron chi connectivity index (χ2n) is 4.50. The van der Waals surface area contributed by atoms with Crippen molar-refractivity contribution >= 4 is 5.97 Å². The summed E-state index contributed by atoms with van der Waals surface area (Å²) in [6.45, 7) is 6.10. The van der Waals surface area contributed by atoms with Gasteiger partial charge in [0.05, 0.1) is 0 Å². The molecule has 88 valence electrons. The summed E-state index contributed by atoms with van der Waals surface area (Å²) in [6, 6.07) is 6.55. The normalized spacial score (nSPS) is 11.6. The number of rotatable bonds is 2. The minimum absolute atomic E-state index is 0.0226. The molecule has 0 saturated carbocycles. The van der Waals surface area contributed by atoms with Gasteiger partial charge in [-0.1, -0.05) is 32.9 Å². The number of hydrogen-bond donors (Lipinski definition) is 0. The summed E-state index contributed by atoms with van der Waals surface area (Å²) in [4.78, 5) is 10.6. The van der Waals surface area contributed by atoms with Gasteiger partial charge in [0, 0.05) is 0 Å². The molecule has 0 bridgehead atoms. The Kier molecular flexibility index (Phi) is 3.62. The zero-order chi connectivity index (χ0) is 12.3. The van der Waals surface area contributed by atoms with Crippen LogP contribution in [0.5, 0.6) is 5.75 Å². The summed E-state index contributed by atoms with van der Waals surface area (Å²) in [6.07, 6.45) is -3.10. The molecule has 1 aromatic rings. The molecule has 16 heavy (non-hydrogen) atoms. The lowest BCUT2D eigenvalue weighted by Crippen LogP contribution is -2.17. The Morgan fingerprint density at radius 2 is 1.69 bits per heavy atom. The maximum Gasteiger partial charge on any atom is 0.379 e. The van der Waals surface area contributed by atoms with Crippen LogP contribution in [0.25, 0.3) is 0 Å². The highest BCUT2D eigenvalue weighted by Crippen LogP contribution is 2.24. The zero-order valence-electron chi connectivity index (χ0n) is 9.46. The fourth-order valence-corrected chi connectivity index (χ4v) is 1.18. The van der Waals surface area contributed by atoms with Crippen LogP contribution in [0.15, 0.2) is 24.3 Å². The average molecular weight is 228 g/mol. The van der Waals surface area contributed by atoms with Crippen LogP contribution in [-0.4, -0.2) is 12.4 Å². The van der Waals surface area contributed by atoms with Crippen LogP contribution in [-0.2, 0) is 10.2 Å². The van der Waals surface area contributed by atoms with E-state index in [0.717, 1.165) is 5.56 Å². The Hall–Kier alpha value is -1.45. The van der Waals surface area contributed by atoms with Gasteiger partial charge >= 0.3 is 12.4 Å². The molecule has 0 atom stereocenters. The van der Waals surface area contributed by atoms with E-state index in [1.807, 2.05) is 20.8 Å². The minimum atomic E-state index is -3.10. The fraction of sp³-hybridized carbons (Fsp3) is 0.417. The number of carbonyl (C=O) groups excluding carboxylic acids is 1. The van der Waals surface area contributed by atoms with E-state index in [1.165, 1.54) is 12.1 Å². The summed E-state index contributed by atoms with van der Waals surface area (Å²) in [7, 11) is 0. The molecule has 0 unspecified atom stereocenters. The molecule has 2 nitrogen and oxygen atoms in total. The highest BCUT2D eigenvalue weighted by atomic mass is 19.3. The van der Waals surface area contributed by atoms with Crippen molar-refractivity contribution in [3.05, 3.63) is 29.8 Å². The van der Waals surface area contributed by atoms with Gasteiger partial charge in [-0.05, 0) is 23.1 Å². The van der Waals surface area contributed by atoms with Gasteiger partial charge in [-0.3, -0.25) is 0 Å². The average Bonchev–Trinajstić information content (AvgIpc) is 2.17. The minimum Gasteiger partial charge on any atom is -0.422 e. The third kappa shape index (κ3) is 3.29. The first kappa shape index (κ1) is 12.6. The molecule has 0 amide bonds. The number of esters is 1. The Balaban J connectivity index is 2.76. The molecule has 0 aliphatic carbocycles. The standard InChI is InChI=1S/C12H14F2O2/c1-12(2,3)8-4-6-9(7-5-8)16-11(15)10(13)14/h4-7,10H,1-3H3. The molecule has 0 heterocycles. The van der Waals surface area contributed by atoms with Gasteiger partial charge in [0.15, 0.2) is 0 Å². The van der Waals surface area contributed by atoms with Gasteiger partial charge in [-0.15, -0.1) is 0 Å². The Morgan fingerprint density at radius 1 is 1.19 bits per heavy atom. The summed E-state index contributed by atoms with van der Waals surface area (Å²) in [5.41, 5.74) is 1.02. The lowest BCUT2D eigenvalue weighted by atomic mass is 9.87. The number of alkyl halides is 2. The van der Waals surface area contributed by atoms with Crippen LogP contribution in [0.4, 0.5) is 8.78 Å². The predicted molar refractivity (Wildman–Crippen MR) is 56.8 cm³/mol. The number of ether oxygens (including phenoxy) is 1. The molecule has 0 aliphatic heterocycles. The quantitative estimate of drug-likeness (QED) is 0.574. The van der Waals surface area contributed by atoms with Crippen LogP contribution in [0.1, 0.15) is 26.3 Å². The monoisotopic (exact) mass is 228 g/mol. The maximum atomic E-state index is 11.9. The number of hydrogen-bond acceptors (Lipinski definition) is 2. The van der Waals surface area contributed by atoms with E-state index >= 15 is 0 Å². The summed E-state index contributed by atoms with van der Waals surface area (Å²) in [5, 5.41) is 0. The van der Waals surface area contributed by atoms with E-state index in [1.54, 1.807) is 12.1 Å². The molecular weight excluding hydrogens is 214 g/mol. The van der Waals surface area contributed by atoms with Crippen LogP contribution in [0.2, 0.25) is 0 Å². The van der Waals surface area contributed by atoms with Crippen LogP contribution < -0.4 is 4.74 Å². The van der Waals surface area contributed by atoms with Crippen molar-refractivity contribution in [2.45, 2.75) is 32.6 Å². The number of carbonyl (C=O) groups is 1.